The minimum Gasteiger partial charge on any atom is -0.505 e. The molecule has 0 aliphatic heterocycles. The summed E-state index contributed by atoms with van der Waals surface area (Å²) in [5, 5.41) is 27.3. The van der Waals surface area contributed by atoms with Crippen molar-refractivity contribution < 1.29 is 24.1 Å². The zero-order chi connectivity index (χ0) is 12.6. The highest BCUT2D eigenvalue weighted by atomic mass is 19.2. The highest BCUT2D eigenvalue weighted by molar-refractivity contribution is 5.68. The van der Waals surface area contributed by atoms with Crippen molar-refractivity contribution in [3.8, 4) is 28.4 Å². The van der Waals surface area contributed by atoms with Gasteiger partial charge in [0, 0.05) is 5.56 Å². The van der Waals surface area contributed by atoms with E-state index in [-0.39, 0.29) is 16.9 Å². The van der Waals surface area contributed by atoms with E-state index in [1.54, 1.807) is 0 Å². The number of aromatic hydroxyl groups is 3. The molecule has 0 aliphatic carbocycles. The summed E-state index contributed by atoms with van der Waals surface area (Å²) in [4.78, 5) is 0. The van der Waals surface area contributed by atoms with Crippen LogP contribution in [0.1, 0.15) is 0 Å². The maximum atomic E-state index is 13.5. The lowest BCUT2D eigenvalue weighted by molar-refractivity contribution is 0.403. The summed E-state index contributed by atoms with van der Waals surface area (Å²) in [7, 11) is 0. The highest BCUT2D eigenvalue weighted by Gasteiger charge is 2.14. The Kier molecular flexibility index (Phi) is 2.59. The predicted octanol–water partition coefficient (Wildman–Crippen LogP) is 2.75. The van der Waals surface area contributed by atoms with Gasteiger partial charge in [-0.05, 0) is 29.8 Å². The van der Waals surface area contributed by atoms with Crippen LogP contribution in [0.15, 0.2) is 30.3 Å². The van der Waals surface area contributed by atoms with E-state index in [0.717, 1.165) is 18.2 Å². The summed E-state index contributed by atoms with van der Waals surface area (Å²) in [6.45, 7) is 0. The fraction of sp³-hybridized carbons (Fsp3) is 0. The van der Waals surface area contributed by atoms with E-state index in [2.05, 4.69) is 0 Å². The van der Waals surface area contributed by atoms with Crippen molar-refractivity contribution in [3.05, 3.63) is 42.0 Å². The summed E-state index contributed by atoms with van der Waals surface area (Å²) < 4.78 is 26.6. The molecule has 3 N–H and O–H groups in total. The molecule has 88 valence electrons. The van der Waals surface area contributed by atoms with Crippen LogP contribution in [-0.4, -0.2) is 15.3 Å². The lowest BCUT2D eigenvalue weighted by atomic mass is 10.0. The molecule has 0 saturated carbocycles. The predicted molar refractivity (Wildman–Crippen MR) is 56.8 cm³/mol. The van der Waals surface area contributed by atoms with Gasteiger partial charge in [-0.25, -0.2) is 4.39 Å². The molecule has 0 spiro atoms. The van der Waals surface area contributed by atoms with Crippen molar-refractivity contribution in [1.29, 1.82) is 0 Å². The minimum absolute atomic E-state index is 0.115. The molecular formula is C12H8F2O3. The molecule has 0 unspecified atom stereocenters. The summed E-state index contributed by atoms with van der Waals surface area (Å²) in [5.41, 5.74) is 0.0762. The summed E-state index contributed by atoms with van der Waals surface area (Å²) >= 11 is 0. The number of benzene rings is 2. The van der Waals surface area contributed by atoms with Crippen LogP contribution < -0.4 is 0 Å². The zero-order valence-corrected chi connectivity index (χ0v) is 8.48. The van der Waals surface area contributed by atoms with Gasteiger partial charge in [0.1, 0.15) is 0 Å². The van der Waals surface area contributed by atoms with Gasteiger partial charge in [0.05, 0.1) is 0 Å². The Hall–Kier alpha value is -2.30. The minimum atomic E-state index is -1.35. The number of phenols is 3. The molecule has 0 heterocycles. The molecule has 5 heteroatoms. The molecule has 2 aromatic carbocycles. The second kappa shape index (κ2) is 3.93. The van der Waals surface area contributed by atoms with Gasteiger partial charge in [0.2, 0.25) is 5.82 Å². The first kappa shape index (κ1) is 11.2. The van der Waals surface area contributed by atoms with E-state index in [9.17, 15) is 13.9 Å². The molecule has 2 aromatic rings. The van der Waals surface area contributed by atoms with Gasteiger partial charge in [-0.1, -0.05) is 6.07 Å². The molecule has 0 aromatic heterocycles. The lowest BCUT2D eigenvalue weighted by Gasteiger charge is -2.06. The Morgan fingerprint density at radius 3 is 2.00 bits per heavy atom. The number of hydrogen-bond acceptors (Lipinski definition) is 3. The molecule has 2 rings (SSSR count). The van der Waals surface area contributed by atoms with E-state index >= 15 is 0 Å². The van der Waals surface area contributed by atoms with Crippen molar-refractivity contribution in [1.82, 2.24) is 0 Å². The first-order valence-corrected chi connectivity index (χ1v) is 4.70. The molecule has 0 amide bonds. The normalized spacial score (nSPS) is 10.5. The van der Waals surface area contributed by atoms with Crippen LogP contribution in [0.2, 0.25) is 0 Å². The second-order valence-electron chi connectivity index (χ2n) is 3.46. The van der Waals surface area contributed by atoms with Gasteiger partial charge < -0.3 is 15.3 Å². The first-order chi connectivity index (χ1) is 8.00. The maximum Gasteiger partial charge on any atom is 0.200 e. The van der Waals surface area contributed by atoms with Crippen molar-refractivity contribution in [3.63, 3.8) is 0 Å². The van der Waals surface area contributed by atoms with E-state index < -0.39 is 23.1 Å². The molecule has 0 bridgehead atoms. The van der Waals surface area contributed by atoms with Crippen LogP contribution in [-0.2, 0) is 0 Å². The Morgan fingerprint density at radius 1 is 0.706 bits per heavy atom. The lowest BCUT2D eigenvalue weighted by Crippen LogP contribution is -1.90. The second-order valence-corrected chi connectivity index (χ2v) is 3.46. The molecule has 0 aliphatic rings. The summed E-state index contributed by atoms with van der Waals surface area (Å²) in [5.74, 6) is -4.14. The van der Waals surface area contributed by atoms with Crippen molar-refractivity contribution in [2.45, 2.75) is 0 Å². The quantitative estimate of drug-likeness (QED) is 0.669. The Labute approximate surface area is 95.2 Å². The molecule has 0 atom stereocenters. The fourth-order valence-corrected chi connectivity index (χ4v) is 1.45. The van der Waals surface area contributed by atoms with Gasteiger partial charge in [-0.2, -0.15) is 4.39 Å². The third-order valence-electron chi connectivity index (χ3n) is 2.35. The van der Waals surface area contributed by atoms with E-state index in [1.807, 2.05) is 0 Å². The molecule has 0 radical (unpaired) electrons. The highest BCUT2D eigenvalue weighted by Crippen LogP contribution is 2.34. The standard InChI is InChI=1S/C12H8F2O3/c13-11-7(2-4-9(16)12(11)14)6-1-3-8(15)10(17)5-6/h1-5,15-17H. The van der Waals surface area contributed by atoms with Crippen molar-refractivity contribution >= 4 is 0 Å². The summed E-state index contributed by atoms with van der Waals surface area (Å²) in [6.07, 6.45) is 0. The monoisotopic (exact) mass is 238 g/mol. The van der Waals surface area contributed by atoms with Crippen LogP contribution in [0.3, 0.4) is 0 Å². The van der Waals surface area contributed by atoms with Crippen molar-refractivity contribution in [2.75, 3.05) is 0 Å². The van der Waals surface area contributed by atoms with Gasteiger partial charge >= 0.3 is 0 Å². The van der Waals surface area contributed by atoms with E-state index in [1.165, 1.54) is 12.1 Å². The average Bonchev–Trinajstić information content (AvgIpc) is 2.30. The van der Waals surface area contributed by atoms with Gasteiger partial charge in [-0.15, -0.1) is 0 Å². The molecule has 17 heavy (non-hydrogen) atoms. The molecule has 0 fully saturated rings. The van der Waals surface area contributed by atoms with Gasteiger partial charge in [0.15, 0.2) is 23.1 Å². The largest absolute Gasteiger partial charge is 0.505 e. The Bertz CT molecular complexity index is 582. The van der Waals surface area contributed by atoms with Crippen LogP contribution in [0.5, 0.6) is 17.2 Å². The van der Waals surface area contributed by atoms with Gasteiger partial charge in [0.25, 0.3) is 0 Å². The number of phenolic OH excluding ortho intramolecular Hbond substituents is 3. The topological polar surface area (TPSA) is 60.7 Å². The zero-order valence-electron chi connectivity index (χ0n) is 8.48. The first-order valence-electron chi connectivity index (χ1n) is 4.70. The van der Waals surface area contributed by atoms with Crippen LogP contribution in [0.25, 0.3) is 11.1 Å². The molecule has 0 saturated heterocycles. The van der Waals surface area contributed by atoms with Crippen molar-refractivity contribution in [2.24, 2.45) is 0 Å². The van der Waals surface area contributed by atoms with Crippen LogP contribution in [0, 0.1) is 11.6 Å². The smallest absolute Gasteiger partial charge is 0.200 e. The third kappa shape index (κ3) is 1.87. The Morgan fingerprint density at radius 2 is 1.35 bits per heavy atom. The Balaban J connectivity index is 2.61. The SMILES string of the molecule is Oc1ccc(-c2ccc(O)c(F)c2F)cc1O. The molecular weight excluding hydrogens is 230 g/mol. The van der Waals surface area contributed by atoms with E-state index in [0.29, 0.717) is 0 Å². The number of rotatable bonds is 1. The van der Waals surface area contributed by atoms with E-state index in [4.69, 9.17) is 10.2 Å². The van der Waals surface area contributed by atoms with Crippen LogP contribution in [0.4, 0.5) is 8.78 Å². The van der Waals surface area contributed by atoms with Crippen LogP contribution >= 0.6 is 0 Å². The summed E-state index contributed by atoms with van der Waals surface area (Å²) in [6, 6.07) is 5.78. The number of halogens is 2. The average molecular weight is 238 g/mol. The number of hydrogen-bond donors (Lipinski definition) is 3. The fourth-order valence-electron chi connectivity index (χ4n) is 1.45. The third-order valence-corrected chi connectivity index (χ3v) is 2.35. The molecule has 3 nitrogen and oxygen atoms in total. The van der Waals surface area contributed by atoms with Gasteiger partial charge in [-0.3, -0.25) is 0 Å². The maximum absolute atomic E-state index is 13.5.